The van der Waals surface area contributed by atoms with Crippen molar-refractivity contribution in [3.8, 4) is 5.75 Å². The lowest BCUT2D eigenvalue weighted by atomic mass is 10.1. The molecule has 1 atom stereocenters. The number of hydrogen-bond donors (Lipinski definition) is 2. The Kier molecular flexibility index (Phi) is 5.37. The number of hydrogen-bond acceptors (Lipinski definition) is 5. The molecule has 2 aromatic carbocycles. The highest BCUT2D eigenvalue weighted by atomic mass is 19.1. The summed E-state index contributed by atoms with van der Waals surface area (Å²) < 4.78 is 33.7. The summed E-state index contributed by atoms with van der Waals surface area (Å²) in [6.45, 7) is 0.968. The molecule has 3 aromatic rings. The van der Waals surface area contributed by atoms with Crippen LogP contribution in [0.2, 0.25) is 0 Å². The monoisotopic (exact) mass is 427 g/mol. The Bertz CT molecular complexity index is 1150. The van der Waals surface area contributed by atoms with Crippen molar-refractivity contribution < 1.29 is 23.1 Å². The van der Waals surface area contributed by atoms with Gasteiger partial charge in [-0.25, -0.2) is 13.8 Å². The van der Waals surface area contributed by atoms with Gasteiger partial charge < -0.3 is 15.0 Å². The fourth-order valence-corrected chi connectivity index (χ4v) is 3.22. The van der Waals surface area contributed by atoms with Crippen molar-refractivity contribution in [2.45, 2.75) is 19.4 Å². The zero-order valence-electron chi connectivity index (χ0n) is 16.8. The normalized spacial score (nSPS) is 15.5. The van der Waals surface area contributed by atoms with Crippen LogP contribution in [-0.2, 0) is 11.2 Å². The zero-order valence-corrected chi connectivity index (χ0v) is 16.8. The van der Waals surface area contributed by atoms with Gasteiger partial charge in [-0.15, -0.1) is 5.10 Å². The first-order chi connectivity index (χ1) is 14.8. The maximum absolute atomic E-state index is 14.4. The van der Waals surface area contributed by atoms with E-state index in [4.69, 9.17) is 4.74 Å². The van der Waals surface area contributed by atoms with E-state index in [-0.39, 0.29) is 29.4 Å². The van der Waals surface area contributed by atoms with Crippen LogP contribution in [-0.4, -0.2) is 51.6 Å². The second-order valence-corrected chi connectivity index (χ2v) is 7.17. The molecule has 1 aliphatic rings. The summed E-state index contributed by atoms with van der Waals surface area (Å²) >= 11 is 0. The lowest BCUT2D eigenvalue weighted by Gasteiger charge is -2.23. The van der Waals surface area contributed by atoms with E-state index in [2.05, 4.69) is 20.5 Å². The van der Waals surface area contributed by atoms with Crippen molar-refractivity contribution in [2.24, 2.45) is 0 Å². The summed E-state index contributed by atoms with van der Waals surface area (Å²) in [5, 5.41) is 9.05. The van der Waals surface area contributed by atoms with Crippen LogP contribution < -0.4 is 10.1 Å². The predicted molar refractivity (Wildman–Crippen MR) is 107 cm³/mol. The van der Waals surface area contributed by atoms with E-state index in [0.717, 1.165) is 16.5 Å². The molecule has 2 N–H and O–H groups in total. The molecule has 1 aromatic heterocycles. The van der Waals surface area contributed by atoms with E-state index < -0.39 is 29.5 Å². The van der Waals surface area contributed by atoms with E-state index in [1.54, 1.807) is 0 Å². The van der Waals surface area contributed by atoms with Crippen LogP contribution in [0.1, 0.15) is 27.6 Å². The van der Waals surface area contributed by atoms with Crippen molar-refractivity contribution in [3.63, 3.8) is 0 Å². The van der Waals surface area contributed by atoms with Crippen molar-refractivity contribution in [2.75, 3.05) is 19.0 Å². The molecule has 1 aliphatic heterocycles. The fraction of sp³-hybridized carbons (Fsp3) is 0.238. The number of nitrogens with zero attached hydrogens (tertiary/aromatic N) is 3. The molecule has 0 unspecified atom stereocenters. The summed E-state index contributed by atoms with van der Waals surface area (Å²) in [5.41, 5.74) is 0.498. The Balaban J connectivity index is 1.50. The number of nitrogens with one attached hydrogen (secondary N) is 2. The molecular weight excluding hydrogens is 408 g/mol. The first-order valence-electron chi connectivity index (χ1n) is 9.49. The van der Waals surface area contributed by atoms with E-state index in [0.29, 0.717) is 12.2 Å². The van der Waals surface area contributed by atoms with Crippen molar-refractivity contribution in [3.05, 3.63) is 70.8 Å². The number of rotatable bonds is 4. The average Bonchev–Trinajstić information content (AvgIpc) is 3.16. The molecule has 0 fully saturated rings. The van der Waals surface area contributed by atoms with Gasteiger partial charge in [0.15, 0.2) is 5.82 Å². The van der Waals surface area contributed by atoms with Gasteiger partial charge in [-0.3, -0.25) is 14.7 Å². The molecule has 31 heavy (non-hydrogen) atoms. The molecule has 160 valence electrons. The van der Waals surface area contributed by atoms with Gasteiger partial charge in [0.2, 0.25) is 5.82 Å². The Hall–Kier alpha value is -3.82. The number of amides is 2. The maximum atomic E-state index is 14.4. The minimum absolute atomic E-state index is 0.115. The van der Waals surface area contributed by atoms with Gasteiger partial charge >= 0.3 is 0 Å². The lowest BCUT2D eigenvalue weighted by Crippen LogP contribution is -2.47. The van der Waals surface area contributed by atoms with Gasteiger partial charge in [-0.2, -0.15) is 0 Å². The second-order valence-electron chi connectivity index (χ2n) is 7.17. The Morgan fingerprint density at radius 1 is 1.29 bits per heavy atom. The van der Waals surface area contributed by atoms with Crippen LogP contribution in [0.4, 0.5) is 14.5 Å². The van der Waals surface area contributed by atoms with Gasteiger partial charge in [0.25, 0.3) is 11.8 Å². The third-order valence-electron chi connectivity index (χ3n) is 5.08. The summed E-state index contributed by atoms with van der Waals surface area (Å²) in [5.74, 6) is -2.76. The number of aromatic nitrogens is 3. The molecule has 0 aliphatic carbocycles. The zero-order chi connectivity index (χ0) is 22.1. The van der Waals surface area contributed by atoms with Gasteiger partial charge in [0.1, 0.15) is 35.7 Å². The van der Waals surface area contributed by atoms with Crippen LogP contribution in [0, 0.1) is 18.6 Å². The number of fused-ring (bicyclic) bond motifs is 1. The highest BCUT2D eigenvalue weighted by Gasteiger charge is 2.34. The van der Waals surface area contributed by atoms with Gasteiger partial charge in [0, 0.05) is 25.1 Å². The number of aromatic amines is 1. The number of ether oxygens (including phenoxy) is 1. The number of carbonyl (C=O) groups excluding carboxylic acids is 2. The molecule has 0 saturated carbocycles. The standard InChI is InChI=1S/C21H19F2N5O3/c1-11-13(22)9-15-18(17(11)23)25-20(29)14(10-31-15)28(2)21(30)19-24-16(26-27-19)8-12-6-4-3-5-7-12/h3-7,9,14H,8,10H2,1-2H3,(H,25,29)(H,24,26,27)/t14-/m0/s1. The molecular formula is C21H19F2N5O3. The number of H-pyrrole nitrogens is 1. The smallest absolute Gasteiger partial charge is 0.294 e. The number of benzene rings is 2. The van der Waals surface area contributed by atoms with Gasteiger partial charge in [0.05, 0.1) is 0 Å². The first kappa shape index (κ1) is 20.5. The number of halogens is 2. The maximum Gasteiger partial charge on any atom is 0.294 e. The Morgan fingerprint density at radius 2 is 2.03 bits per heavy atom. The van der Waals surface area contributed by atoms with Crippen LogP contribution in [0.25, 0.3) is 0 Å². The van der Waals surface area contributed by atoms with Crippen molar-refractivity contribution in [1.82, 2.24) is 20.1 Å². The SMILES string of the molecule is Cc1c(F)cc2c(c1F)NC(=O)[C@@H](N(C)C(=O)c1n[nH]c(Cc3ccccc3)n1)CO2. The van der Waals surface area contributed by atoms with Gasteiger partial charge in [-0.1, -0.05) is 30.3 Å². The van der Waals surface area contributed by atoms with E-state index >= 15 is 0 Å². The Labute approximate surface area is 176 Å². The quantitative estimate of drug-likeness (QED) is 0.666. The average molecular weight is 427 g/mol. The molecule has 8 nitrogen and oxygen atoms in total. The van der Waals surface area contributed by atoms with E-state index in [1.807, 2.05) is 30.3 Å². The van der Waals surface area contributed by atoms with Crippen LogP contribution in [0.3, 0.4) is 0 Å². The second kappa shape index (κ2) is 8.13. The topological polar surface area (TPSA) is 100 Å². The molecule has 4 rings (SSSR count). The summed E-state index contributed by atoms with van der Waals surface area (Å²) in [6.07, 6.45) is 0.456. The van der Waals surface area contributed by atoms with Crippen LogP contribution >= 0.6 is 0 Å². The van der Waals surface area contributed by atoms with Crippen molar-refractivity contribution >= 4 is 17.5 Å². The minimum Gasteiger partial charge on any atom is -0.488 e. The molecule has 0 saturated heterocycles. The largest absolute Gasteiger partial charge is 0.488 e. The molecule has 0 radical (unpaired) electrons. The summed E-state index contributed by atoms with van der Waals surface area (Å²) in [6, 6.07) is 9.43. The first-order valence-corrected chi connectivity index (χ1v) is 9.49. The Morgan fingerprint density at radius 3 is 2.77 bits per heavy atom. The van der Waals surface area contributed by atoms with E-state index in [9.17, 15) is 18.4 Å². The van der Waals surface area contributed by atoms with E-state index in [1.165, 1.54) is 14.0 Å². The number of carbonyl (C=O) groups is 2. The molecule has 0 bridgehead atoms. The molecule has 10 heteroatoms. The highest BCUT2D eigenvalue weighted by Crippen LogP contribution is 2.34. The summed E-state index contributed by atoms with van der Waals surface area (Å²) in [4.78, 5) is 30.8. The number of anilines is 1. The highest BCUT2D eigenvalue weighted by molar-refractivity contribution is 6.01. The van der Waals surface area contributed by atoms with Crippen molar-refractivity contribution in [1.29, 1.82) is 0 Å². The van der Waals surface area contributed by atoms with Crippen LogP contribution in [0.15, 0.2) is 36.4 Å². The summed E-state index contributed by atoms with van der Waals surface area (Å²) in [7, 11) is 1.39. The molecule has 2 heterocycles. The number of likely N-dealkylation sites (N-methyl/N-ethyl adjacent to an activating group) is 1. The van der Waals surface area contributed by atoms with Gasteiger partial charge in [-0.05, 0) is 12.5 Å². The minimum atomic E-state index is -1.10. The third kappa shape index (κ3) is 3.96. The van der Waals surface area contributed by atoms with Crippen LogP contribution in [0.5, 0.6) is 5.75 Å². The molecule has 0 spiro atoms. The third-order valence-corrected chi connectivity index (χ3v) is 5.08. The predicted octanol–water partition coefficient (Wildman–Crippen LogP) is 2.45. The fourth-order valence-electron chi connectivity index (χ4n) is 3.22. The molecule has 2 amide bonds. The lowest BCUT2D eigenvalue weighted by molar-refractivity contribution is -0.120.